The average molecular weight is 290 g/mol. The monoisotopic (exact) mass is 290 g/mol. The van der Waals surface area contributed by atoms with Crippen molar-refractivity contribution >= 4 is 21.9 Å². The van der Waals surface area contributed by atoms with Crippen molar-refractivity contribution in [2.24, 2.45) is 5.92 Å². The normalized spacial score (nSPS) is 31.2. The highest BCUT2D eigenvalue weighted by Crippen LogP contribution is 2.32. The SMILES string of the molecule is COC(=O)C1CCCC1S(=O)(=O)NC1CNC(=O)C1. The Hall–Kier alpha value is -1.15. The van der Waals surface area contributed by atoms with Crippen LogP contribution in [0.1, 0.15) is 25.7 Å². The zero-order valence-corrected chi connectivity index (χ0v) is 11.5. The lowest BCUT2D eigenvalue weighted by atomic mass is 10.1. The Morgan fingerprint density at radius 3 is 2.74 bits per heavy atom. The first-order valence-corrected chi connectivity index (χ1v) is 7.84. The van der Waals surface area contributed by atoms with Crippen molar-refractivity contribution in [3.63, 3.8) is 0 Å². The van der Waals surface area contributed by atoms with Crippen LogP contribution in [-0.2, 0) is 24.3 Å². The van der Waals surface area contributed by atoms with Gasteiger partial charge in [-0.05, 0) is 12.8 Å². The molecular formula is C11H18N2O5S. The molecule has 7 nitrogen and oxygen atoms in total. The van der Waals surface area contributed by atoms with Gasteiger partial charge >= 0.3 is 5.97 Å². The van der Waals surface area contributed by atoms with Gasteiger partial charge < -0.3 is 10.1 Å². The molecule has 3 atom stereocenters. The molecule has 3 unspecified atom stereocenters. The van der Waals surface area contributed by atoms with Crippen LogP contribution in [0, 0.1) is 5.92 Å². The van der Waals surface area contributed by atoms with E-state index >= 15 is 0 Å². The molecule has 1 heterocycles. The summed E-state index contributed by atoms with van der Waals surface area (Å²) in [7, 11) is -2.35. The lowest BCUT2D eigenvalue weighted by molar-refractivity contribution is -0.145. The summed E-state index contributed by atoms with van der Waals surface area (Å²) >= 11 is 0. The van der Waals surface area contributed by atoms with Gasteiger partial charge in [0.1, 0.15) is 0 Å². The Kier molecular flexibility index (Phi) is 4.10. The predicted molar refractivity (Wildman–Crippen MR) is 66.6 cm³/mol. The summed E-state index contributed by atoms with van der Waals surface area (Å²) in [5, 5.41) is 1.82. The molecule has 2 rings (SSSR count). The van der Waals surface area contributed by atoms with E-state index in [1.807, 2.05) is 0 Å². The third-order valence-electron chi connectivity index (χ3n) is 3.66. The molecular weight excluding hydrogens is 272 g/mol. The molecule has 0 bridgehead atoms. The number of rotatable bonds is 4. The number of ether oxygens (including phenoxy) is 1. The number of hydrogen-bond donors (Lipinski definition) is 2. The van der Waals surface area contributed by atoms with E-state index < -0.39 is 33.2 Å². The number of esters is 1. The second-order valence-corrected chi connectivity index (χ2v) is 6.90. The molecule has 2 fully saturated rings. The topological polar surface area (TPSA) is 102 Å². The minimum atomic E-state index is -3.61. The summed E-state index contributed by atoms with van der Waals surface area (Å²) in [6.07, 6.45) is 1.81. The Morgan fingerprint density at radius 1 is 1.42 bits per heavy atom. The zero-order valence-electron chi connectivity index (χ0n) is 10.7. The highest BCUT2D eigenvalue weighted by Gasteiger charge is 2.43. The molecule has 0 aromatic rings. The van der Waals surface area contributed by atoms with Crippen LogP contribution in [0.15, 0.2) is 0 Å². The standard InChI is InChI=1S/C11H18N2O5S/c1-18-11(15)8-3-2-4-9(8)19(16,17)13-7-5-10(14)12-6-7/h7-9,13H,2-6H2,1H3,(H,12,14). The molecule has 0 aromatic heterocycles. The van der Waals surface area contributed by atoms with Gasteiger partial charge in [-0.2, -0.15) is 0 Å². The summed E-state index contributed by atoms with van der Waals surface area (Å²) in [6.45, 7) is 0.299. The molecule has 8 heteroatoms. The predicted octanol–water partition coefficient (Wildman–Crippen LogP) is -0.864. The fourth-order valence-electron chi connectivity index (χ4n) is 2.73. The maximum atomic E-state index is 12.3. The quantitative estimate of drug-likeness (QED) is 0.656. The van der Waals surface area contributed by atoms with Gasteiger partial charge in [-0.15, -0.1) is 0 Å². The van der Waals surface area contributed by atoms with Crippen LogP contribution in [-0.4, -0.2) is 45.2 Å². The zero-order chi connectivity index (χ0) is 14.0. The molecule has 2 N–H and O–H groups in total. The lowest BCUT2D eigenvalue weighted by Gasteiger charge is -2.20. The van der Waals surface area contributed by atoms with Gasteiger partial charge in [0.05, 0.1) is 18.3 Å². The maximum Gasteiger partial charge on any atom is 0.310 e. The minimum Gasteiger partial charge on any atom is -0.469 e. The van der Waals surface area contributed by atoms with Crippen LogP contribution >= 0.6 is 0 Å². The molecule has 1 saturated heterocycles. The van der Waals surface area contributed by atoms with Gasteiger partial charge in [0.15, 0.2) is 0 Å². The third-order valence-corrected chi connectivity index (χ3v) is 5.69. The fraction of sp³-hybridized carbons (Fsp3) is 0.818. The van der Waals surface area contributed by atoms with Crippen LogP contribution < -0.4 is 10.0 Å². The number of carbonyl (C=O) groups is 2. The third kappa shape index (κ3) is 3.06. The van der Waals surface area contributed by atoms with Gasteiger partial charge in [-0.1, -0.05) is 6.42 Å². The first kappa shape index (κ1) is 14.3. The number of sulfonamides is 1. The molecule has 0 radical (unpaired) electrons. The number of carbonyl (C=O) groups excluding carboxylic acids is 2. The largest absolute Gasteiger partial charge is 0.469 e. The Balaban J connectivity index is 2.06. The highest BCUT2D eigenvalue weighted by atomic mass is 32.2. The Bertz CT molecular complexity index is 475. The minimum absolute atomic E-state index is 0.148. The summed E-state index contributed by atoms with van der Waals surface area (Å²) in [5.74, 6) is -1.25. The van der Waals surface area contributed by atoms with Crippen molar-refractivity contribution in [3.8, 4) is 0 Å². The van der Waals surface area contributed by atoms with Gasteiger partial charge in [0.25, 0.3) is 0 Å². The van der Waals surface area contributed by atoms with E-state index in [2.05, 4.69) is 14.8 Å². The first-order valence-electron chi connectivity index (χ1n) is 6.29. The van der Waals surface area contributed by atoms with E-state index in [1.165, 1.54) is 7.11 Å². The molecule has 0 spiro atoms. The van der Waals surface area contributed by atoms with E-state index in [-0.39, 0.29) is 12.3 Å². The van der Waals surface area contributed by atoms with E-state index in [0.717, 1.165) is 0 Å². The molecule has 1 aliphatic carbocycles. The van der Waals surface area contributed by atoms with Crippen LogP contribution in [0.3, 0.4) is 0 Å². The summed E-state index contributed by atoms with van der Waals surface area (Å²) in [6, 6.07) is -0.420. The summed E-state index contributed by atoms with van der Waals surface area (Å²) in [5.41, 5.74) is 0. The number of methoxy groups -OCH3 is 1. The Morgan fingerprint density at radius 2 is 2.16 bits per heavy atom. The molecule has 1 saturated carbocycles. The number of hydrogen-bond acceptors (Lipinski definition) is 5. The number of nitrogens with one attached hydrogen (secondary N) is 2. The molecule has 2 aliphatic rings. The first-order chi connectivity index (χ1) is 8.94. The van der Waals surface area contributed by atoms with Crippen molar-refractivity contribution in [1.29, 1.82) is 0 Å². The van der Waals surface area contributed by atoms with Gasteiger partial charge in [-0.25, -0.2) is 13.1 Å². The smallest absolute Gasteiger partial charge is 0.310 e. The average Bonchev–Trinajstić information content (AvgIpc) is 2.97. The van der Waals surface area contributed by atoms with Crippen LogP contribution in [0.2, 0.25) is 0 Å². The second-order valence-electron chi connectivity index (χ2n) is 4.97. The lowest BCUT2D eigenvalue weighted by Crippen LogP contribution is -2.44. The fourth-order valence-corrected chi connectivity index (χ4v) is 4.69. The second kappa shape index (κ2) is 5.46. The van der Waals surface area contributed by atoms with Crippen molar-refractivity contribution in [3.05, 3.63) is 0 Å². The van der Waals surface area contributed by atoms with E-state index in [0.29, 0.717) is 25.8 Å². The van der Waals surface area contributed by atoms with E-state index in [1.54, 1.807) is 0 Å². The van der Waals surface area contributed by atoms with Gasteiger partial charge in [-0.3, -0.25) is 9.59 Å². The van der Waals surface area contributed by atoms with E-state index in [9.17, 15) is 18.0 Å². The highest BCUT2D eigenvalue weighted by molar-refractivity contribution is 7.90. The molecule has 19 heavy (non-hydrogen) atoms. The summed E-state index contributed by atoms with van der Waals surface area (Å²) < 4.78 is 31.7. The molecule has 108 valence electrons. The van der Waals surface area contributed by atoms with Gasteiger partial charge in [0.2, 0.25) is 15.9 Å². The van der Waals surface area contributed by atoms with Crippen LogP contribution in [0.25, 0.3) is 0 Å². The summed E-state index contributed by atoms with van der Waals surface area (Å²) in [4.78, 5) is 22.6. The van der Waals surface area contributed by atoms with Crippen molar-refractivity contribution in [2.75, 3.05) is 13.7 Å². The Labute approximate surface area is 112 Å². The van der Waals surface area contributed by atoms with Crippen molar-refractivity contribution < 1.29 is 22.7 Å². The van der Waals surface area contributed by atoms with E-state index in [4.69, 9.17) is 0 Å². The van der Waals surface area contributed by atoms with Crippen LogP contribution in [0.4, 0.5) is 0 Å². The molecule has 0 aromatic carbocycles. The van der Waals surface area contributed by atoms with Crippen LogP contribution in [0.5, 0.6) is 0 Å². The molecule has 1 aliphatic heterocycles. The van der Waals surface area contributed by atoms with Gasteiger partial charge in [0, 0.05) is 19.0 Å². The molecule has 1 amide bonds. The van der Waals surface area contributed by atoms with Crippen molar-refractivity contribution in [2.45, 2.75) is 37.0 Å². The maximum absolute atomic E-state index is 12.3. The van der Waals surface area contributed by atoms with Crippen molar-refractivity contribution in [1.82, 2.24) is 10.0 Å². The number of amides is 1.